The first-order valence-corrected chi connectivity index (χ1v) is 15.3. The average Bonchev–Trinajstić information content (AvgIpc) is 3.06. The number of aromatic nitrogens is 1. The van der Waals surface area contributed by atoms with Crippen LogP contribution in [-0.4, -0.2) is 23.4 Å². The van der Waals surface area contributed by atoms with Crippen LogP contribution in [0.15, 0.2) is 156 Å². The molecule has 1 aliphatic rings. The monoisotopic (exact) mass is 599 g/mol. The van der Waals surface area contributed by atoms with Gasteiger partial charge >= 0.3 is 10.1 Å². The van der Waals surface area contributed by atoms with Gasteiger partial charge in [0.05, 0.1) is 0 Å². The van der Waals surface area contributed by atoms with Gasteiger partial charge in [-0.05, 0) is 65.6 Å². The molecule has 0 unspecified atom stereocenters. The number of pyridine rings is 1. The molecule has 4 aromatic rings. The fraction of sp³-hybridized carbons (Fsp3) is 0.111. The molecule has 0 amide bonds. The van der Waals surface area contributed by atoms with Crippen LogP contribution in [0, 0.1) is 0 Å². The number of rotatable bonds is 9. The van der Waals surface area contributed by atoms with E-state index in [9.17, 15) is 0 Å². The predicted octanol–water partition coefficient (Wildman–Crippen LogP) is 8.76. The van der Waals surface area contributed by atoms with Gasteiger partial charge in [0, 0.05) is 29.7 Å². The van der Waals surface area contributed by atoms with Crippen molar-refractivity contribution in [3.8, 4) is 11.3 Å². The van der Waals surface area contributed by atoms with Crippen molar-refractivity contribution in [2.24, 2.45) is 0 Å². The van der Waals surface area contributed by atoms with Crippen molar-refractivity contribution in [2.75, 3.05) is 7.05 Å². The molecule has 2 N–H and O–H groups in total. The van der Waals surface area contributed by atoms with E-state index in [4.69, 9.17) is 0 Å². The molecule has 4 nitrogen and oxygen atoms in total. The third-order valence-electron chi connectivity index (χ3n) is 5.71. The number of hydrogen-bond donors (Lipinski definition) is 1. The van der Waals surface area contributed by atoms with Crippen molar-refractivity contribution in [2.45, 2.75) is 24.7 Å². The minimum Gasteiger partial charge on any atom is -0.626 e. The topological polar surface area (TPSA) is 56.3 Å². The normalized spacial score (nSPS) is 12.0. The van der Waals surface area contributed by atoms with Crippen LogP contribution in [0.4, 0.5) is 5.69 Å². The van der Waals surface area contributed by atoms with Gasteiger partial charge in [-0.3, -0.25) is 11.9 Å². The molecular formula is C36H38BeN4S2+2. The first-order valence-electron chi connectivity index (χ1n) is 13.8. The Balaban J connectivity index is 0.000000242. The average molecular weight is 600 g/mol. The molecule has 214 valence electrons. The van der Waals surface area contributed by atoms with E-state index in [1.807, 2.05) is 85.9 Å². The molecule has 5 rings (SSSR count). The summed E-state index contributed by atoms with van der Waals surface area (Å²) in [5, 5.41) is 0. The van der Waals surface area contributed by atoms with E-state index in [2.05, 4.69) is 86.8 Å². The molecule has 0 saturated carbocycles. The van der Waals surface area contributed by atoms with Crippen LogP contribution in [0.1, 0.15) is 25.3 Å². The molecule has 0 saturated heterocycles. The summed E-state index contributed by atoms with van der Waals surface area (Å²) in [6.45, 7) is 5.58. The van der Waals surface area contributed by atoms with E-state index in [1.165, 1.54) is 34.4 Å². The number of hydrogen-bond acceptors (Lipinski definition) is 2. The van der Waals surface area contributed by atoms with Gasteiger partial charge in [0.1, 0.15) is 6.21 Å². The SMILES string of the molecule is C1=[NH+]C(c2ccccc2[N-]Sc2ccccc2)=CCC1.C=C/C=C\C=C(/C)S[N-]C.[Be+2].c1ccc(-c2cccc[nH+]2)cc1. The number of nitrogens with zero attached hydrogens (tertiary/aromatic N) is 2. The Kier molecular flexibility index (Phi) is 17.8. The minimum atomic E-state index is 0. The first-order chi connectivity index (χ1) is 20.7. The van der Waals surface area contributed by atoms with Crippen LogP contribution in [0.5, 0.6) is 0 Å². The van der Waals surface area contributed by atoms with Gasteiger partial charge in [-0.25, -0.2) is 21.9 Å². The van der Waals surface area contributed by atoms with Gasteiger partial charge < -0.3 is 9.44 Å². The first kappa shape index (κ1) is 35.3. The number of aromatic amines is 1. The van der Waals surface area contributed by atoms with Crippen LogP contribution in [0.3, 0.4) is 0 Å². The van der Waals surface area contributed by atoms with Crippen LogP contribution in [0.2, 0.25) is 0 Å². The van der Waals surface area contributed by atoms with Gasteiger partial charge in [0.2, 0.25) is 11.4 Å². The molecule has 0 bridgehead atoms. The smallest absolute Gasteiger partial charge is 0.626 e. The number of benzene rings is 3. The zero-order valence-electron chi connectivity index (χ0n) is 24.9. The minimum absolute atomic E-state index is 0. The molecule has 0 fully saturated rings. The van der Waals surface area contributed by atoms with Gasteiger partial charge in [-0.15, -0.1) is 5.69 Å². The molecule has 0 atom stereocenters. The third-order valence-corrected chi connectivity index (χ3v) is 7.09. The summed E-state index contributed by atoms with van der Waals surface area (Å²) in [4.78, 5) is 8.86. The Hall–Kier alpha value is -3.93. The van der Waals surface area contributed by atoms with E-state index >= 15 is 0 Å². The van der Waals surface area contributed by atoms with Gasteiger partial charge in [-0.2, -0.15) is 7.05 Å². The van der Waals surface area contributed by atoms with E-state index in [-0.39, 0.29) is 10.1 Å². The Morgan fingerprint density at radius 1 is 0.837 bits per heavy atom. The van der Waals surface area contributed by atoms with Crippen molar-refractivity contribution in [1.82, 2.24) is 0 Å². The molecule has 43 heavy (non-hydrogen) atoms. The van der Waals surface area contributed by atoms with Crippen molar-refractivity contribution < 1.29 is 9.98 Å². The van der Waals surface area contributed by atoms with E-state index < -0.39 is 0 Å². The maximum Gasteiger partial charge on any atom is 2.00 e. The van der Waals surface area contributed by atoms with Gasteiger partial charge in [0.15, 0.2) is 6.20 Å². The molecule has 7 heteroatoms. The fourth-order valence-electron chi connectivity index (χ4n) is 3.74. The predicted molar refractivity (Wildman–Crippen MR) is 190 cm³/mol. The van der Waals surface area contributed by atoms with Crippen LogP contribution in [-0.2, 0) is 0 Å². The van der Waals surface area contributed by atoms with Gasteiger partial charge in [0.25, 0.3) is 0 Å². The van der Waals surface area contributed by atoms with Crippen LogP contribution >= 0.6 is 23.9 Å². The molecule has 1 aromatic heterocycles. The maximum absolute atomic E-state index is 4.67. The zero-order valence-corrected chi connectivity index (χ0v) is 26.5. The number of nitrogens with one attached hydrogen (secondary N) is 2. The second-order valence-corrected chi connectivity index (χ2v) is 10.9. The standard InChI is InChI=1S/C17H15N2S.C11H9N.C8H12NS.Be/c1-2-8-14(9-3-1)20-19-17-12-5-4-10-15(17)16-11-6-7-13-18-16;1-2-6-10(7-3-1)11-8-4-5-9-12-11;1-4-5-6-7-8(2)10-9-3;/h1-5,8-13H,6-7H2;1-9H;4-7H,1H2,2-3H3;/q-1;;-1;+2/p+2/b;;6-5-,8-7+;. The maximum atomic E-state index is 4.67. The van der Waals surface area contributed by atoms with Crippen LogP contribution < -0.4 is 9.98 Å². The quantitative estimate of drug-likeness (QED) is 0.119. The molecular weight excluding hydrogens is 562 g/mol. The second-order valence-electron chi connectivity index (χ2n) is 8.87. The number of allylic oxidation sites excluding steroid dienone is 6. The molecule has 3 aromatic carbocycles. The van der Waals surface area contributed by atoms with Crippen molar-refractivity contribution >= 4 is 51.6 Å². The van der Waals surface area contributed by atoms with E-state index in [0.717, 1.165) is 40.4 Å². The Labute approximate surface area is 269 Å². The summed E-state index contributed by atoms with van der Waals surface area (Å²) in [6.07, 6.45) is 16.0. The van der Waals surface area contributed by atoms with Gasteiger partial charge in [-0.1, -0.05) is 85.5 Å². The molecule has 0 aliphatic carbocycles. The zero-order chi connectivity index (χ0) is 29.7. The second kappa shape index (κ2) is 21.7. The molecule has 0 radical (unpaired) electrons. The Morgan fingerprint density at radius 2 is 1.53 bits per heavy atom. The summed E-state index contributed by atoms with van der Waals surface area (Å²) < 4.78 is 8.58. The van der Waals surface area contributed by atoms with Crippen molar-refractivity contribution in [3.63, 3.8) is 0 Å². The Bertz CT molecular complexity index is 1420. The fourth-order valence-corrected chi connectivity index (χ4v) is 4.81. The molecule has 2 heterocycles. The van der Waals surface area contributed by atoms with Crippen molar-refractivity contribution in [1.29, 1.82) is 0 Å². The summed E-state index contributed by atoms with van der Waals surface area (Å²) in [6, 6.07) is 34.8. The van der Waals surface area contributed by atoms with Crippen molar-refractivity contribution in [3.05, 3.63) is 166 Å². The third kappa shape index (κ3) is 13.7. The Morgan fingerprint density at radius 3 is 2.19 bits per heavy atom. The number of H-pyrrole nitrogens is 1. The molecule has 0 spiro atoms. The summed E-state index contributed by atoms with van der Waals surface area (Å²) in [5.74, 6) is 0. The molecule has 1 aliphatic heterocycles. The summed E-state index contributed by atoms with van der Waals surface area (Å²) >= 11 is 2.99. The van der Waals surface area contributed by atoms with Crippen LogP contribution in [0.25, 0.3) is 26.4 Å². The largest absolute Gasteiger partial charge is 2.00 e. The van der Waals surface area contributed by atoms with E-state index in [0.29, 0.717) is 0 Å². The summed E-state index contributed by atoms with van der Waals surface area (Å²) in [7, 11) is 1.78. The summed E-state index contributed by atoms with van der Waals surface area (Å²) in [5.41, 5.74) is 5.70. The van der Waals surface area contributed by atoms with E-state index in [1.54, 1.807) is 13.1 Å².